The monoisotopic (exact) mass is 2050 g/mol. The number of likely N-dealkylation sites (N-methyl/N-ethyl adjacent to an activating group) is 2. The number of esters is 2. The van der Waals surface area contributed by atoms with Crippen molar-refractivity contribution in [1.29, 1.82) is 0 Å². The minimum absolute atomic E-state index is 0. The van der Waals surface area contributed by atoms with Crippen molar-refractivity contribution in [3.05, 3.63) is 377 Å². The zero-order chi connectivity index (χ0) is 101. The number of aliphatic carboxylic acids is 3. The molecule has 4 bridgehead atoms. The number of nitrogens with one attached hydrogen (secondary N) is 1. The molecule has 26 heteroatoms. The van der Waals surface area contributed by atoms with Crippen LogP contribution in [0.25, 0.3) is 33.4 Å². The molecule has 2 saturated heterocycles. The van der Waals surface area contributed by atoms with Crippen LogP contribution in [0.5, 0.6) is 17.2 Å². The maximum atomic E-state index is 13.5. The molecule has 0 amide bonds. The number of fused-ring (bicyclic) bond motifs is 3. The molecule has 2 aliphatic heterocycles. The fourth-order valence-electron chi connectivity index (χ4n) is 21.8. The summed E-state index contributed by atoms with van der Waals surface area (Å²) in [6.45, 7) is 5.05. The van der Waals surface area contributed by atoms with E-state index in [1.54, 1.807) is 84.6 Å². The smallest absolute Gasteiger partial charge is 0.323 e. The number of hydrogen-bond acceptors (Lipinski definition) is 15. The van der Waals surface area contributed by atoms with Crippen molar-refractivity contribution < 1.29 is 84.9 Å². The summed E-state index contributed by atoms with van der Waals surface area (Å²) in [5.74, 6) is 1.15. The standard InChI is InChI=1S/C28H34FNO3.C24H24FNO3.C23H27F2NO2.C23H22FNO3.C22H25NO2.3ClH/c1-30(18-27(31)32)11-10-26(22-2-6-24(29)7-3-22)33-25-8-4-23(5-9-25)28-15-19-12-20(16-28)14-21(13-19)17-28;1-26(17-24(27)28)16-15-23(20-7-11-21(25)12-8-20)29-22-13-9-19(10-14-22)18-5-3-2-4-6-18;1-28-23(27)22-6-2-3-15-26(22)16-4-5-21(17-7-11-19(24)12-8-17)18-9-13-20(25)14-10-18;24-20-10-6-19(7-11-20)22(14-15-25-16-23(26)27)28-21-12-8-18(9-13-21)17-4-2-1-3-5-17;1-25-22(24)21-12-6-7-14-23(21)15-13-20-18-10-4-2-8-16(18)17-9-3-5-11-19(17)20;;;/h2-9,19-21,26H,10-18H2,1H3,(H,31,32);2-14,23H,15-17H2,1H3,(H,27,28);7-14,21-22H,2-6,15-16H2,1H3;1-13,22,25H,14-16H2,(H,26,27);2-5,8-11,20-21H,6-7,12-15H2,1H3;3*1H/t19?,20?,21?,26-,28?;23-;;22-;;;;/m11.1..../s1. The predicted octanol–water partition coefficient (Wildman–Crippen LogP) is 25.9. The number of carboxylic acids is 3. The van der Waals surface area contributed by atoms with E-state index in [9.17, 15) is 45.9 Å². The number of carbonyl (C=O) groups is 5. The van der Waals surface area contributed by atoms with Crippen LogP contribution in [0.4, 0.5) is 22.0 Å². The lowest BCUT2D eigenvalue weighted by Gasteiger charge is -2.57. The highest BCUT2D eigenvalue weighted by Gasteiger charge is 2.52. The third kappa shape index (κ3) is 33.1. The first-order valence-corrected chi connectivity index (χ1v) is 50.1. The summed E-state index contributed by atoms with van der Waals surface area (Å²) in [7, 11) is 6.48. The number of carboxylic acid groups (broad SMARTS) is 3. The molecular weight excluding hydrogens is 1920 g/mol. The Balaban J connectivity index is 0.000000173. The molecule has 4 N–H and O–H groups in total. The van der Waals surface area contributed by atoms with Gasteiger partial charge >= 0.3 is 29.8 Å². The zero-order valence-electron chi connectivity index (χ0n) is 83.3. The van der Waals surface area contributed by atoms with E-state index in [1.807, 2.05) is 97.1 Å². The van der Waals surface area contributed by atoms with E-state index in [0.717, 1.165) is 151 Å². The van der Waals surface area contributed by atoms with Crippen molar-refractivity contribution in [2.45, 2.75) is 163 Å². The molecule has 0 spiro atoms. The Bertz CT molecular complexity index is 5890. The van der Waals surface area contributed by atoms with Crippen LogP contribution >= 0.6 is 37.2 Å². The lowest BCUT2D eigenvalue weighted by molar-refractivity contribution is -0.149. The van der Waals surface area contributed by atoms with Gasteiger partial charge in [0.2, 0.25) is 0 Å². The van der Waals surface area contributed by atoms with E-state index in [-0.39, 0.29) is 134 Å². The van der Waals surface area contributed by atoms with Gasteiger partial charge in [0.05, 0.1) is 33.9 Å². The molecule has 6 fully saturated rings. The summed E-state index contributed by atoms with van der Waals surface area (Å²) in [5, 5.41) is 29.6. The van der Waals surface area contributed by atoms with Gasteiger partial charge in [-0.3, -0.25) is 43.6 Å². The molecule has 4 saturated carbocycles. The SMILES string of the molecule is CN(CC[C@@H](Oc1ccc(-c2ccccc2)cc1)c1ccc(F)cc1)CC(=O)O.CN(CC[C@@H](Oc1ccc(C23CC4CC(CC(C4)C2)C3)cc1)c1ccc(F)cc1)CC(=O)O.COC(=O)C1CCCCN1CCC1c2ccccc2-c2ccccc21.COC(=O)C1CCCCN1CCCC(c1ccc(F)cc1)c1ccc(F)cc1.Cl.Cl.Cl.O=C(O)CNCC[C@@H](Oc1ccc(-c2ccccc2)cc1)c1ccc(F)cc1. The van der Waals surface area contributed by atoms with Gasteiger partial charge in [-0.25, -0.2) is 22.0 Å². The minimum atomic E-state index is -0.907. The van der Waals surface area contributed by atoms with Crippen LogP contribution in [0.2, 0.25) is 0 Å². The largest absolute Gasteiger partial charge is 0.486 e. The van der Waals surface area contributed by atoms with Crippen LogP contribution in [-0.2, 0) is 38.9 Å². The second-order valence-corrected chi connectivity index (χ2v) is 38.6. The molecule has 146 heavy (non-hydrogen) atoms. The van der Waals surface area contributed by atoms with Crippen LogP contribution in [0.3, 0.4) is 0 Å². The molecule has 19 rings (SSSR count). The summed E-state index contributed by atoms with van der Waals surface area (Å²) in [6, 6.07) is 93.6. The topological polar surface area (TPSA) is 217 Å². The molecule has 0 aromatic heterocycles. The van der Waals surface area contributed by atoms with Gasteiger partial charge in [0.15, 0.2) is 0 Å². The molecule has 2 unspecified atom stereocenters. The van der Waals surface area contributed by atoms with Gasteiger partial charge in [0.1, 0.15) is 76.7 Å². The van der Waals surface area contributed by atoms with Crippen molar-refractivity contribution in [3.63, 3.8) is 0 Å². The van der Waals surface area contributed by atoms with Crippen molar-refractivity contribution in [2.24, 2.45) is 17.8 Å². The number of carbonyl (C=O) groups excluding carboxylic acids is 2. The second-order valence-electron chi connectivity index (χ2n) is 38.6. The Morgan fingerprint density at radius 1 is 0.390 bits per heavy atom. The van der Waals surface area contributed by atoms with E-state index in [4.69, 9.17) is 39.0 Å². The average molecular weight is 2060 g/mol. The van der Waals surface area contributed by atoms with Crippen LogP contribution in [0.1, 0.15) is 190 Å². The van der Waals surface area contributed by atoms with Gasteiger partial charge in [0, 0.05) is 44.2 Å². The fraction of sp³-hybridized carbons (Fsp3) is 0.358. The molecule has 12 aromatic carbocycles. The molecule has 0 radical (unpaired) electrons. The minimum Gasteiger partial charge on any atom is -0.486 e. The van der Waals surface area contributed by atoms with Crippen LogP contribution in [0, 0.1) is 46.8 Å². The third-order valence-corrected chi connectivity index (χ3v) is 28.5. The van der Waals surface area contributed by atoms with E-state index in [1.165, 1.54) is 148 Å². The van der Waals surface area contributed by atoms with Crippen LogP contribution < -0.4 is 19.5 Å². The number of ether oxygens (including phenoxy) is 5. The number of likely N-dealkylation sites (tertiary alicyclic amines) is 2. The normalized spacial score (nSPS) is 18.0. The number of halogens is 8. The molecule has 7 aliphatic rings. The Hall–Kier alpha value is -12.3. The average Bonchev–Trinajstić information content (AvgIpc) is 0.934. The summed E-state index contributed by atoms with van der Waals surface area (Å²) >= 11 is 0. The lowest BCUT2D eigenvalue weighted by Crippen LogP contribution is -2.48. The highest BCUT2D eigenvalue weighted by molar-refractivity contribution is 5.86. The maximum absolute atomic E-state index is 13.5. The van der Waals surface area contributed by atoms with Crippen molar-refractivity contribution >= 4 is 67.1 Å². The molecule has 12 aromatic rings. The summed E-state index contributed by atoms with van der Waals surface area (Å²) in [6.07, 6.45) is 18.1. The Labute approximate surface area is 873 Å². The Kier molecular flexibility index (Phi) is 44.6. The number of methoxy groups -OCH3 is 2. The predicted molar refractivity (Wildman–Crippen MR) is 570 cm³/mol. The van der Waals surface area contributed by atoms with Gasteiger partial charge < -0.3 is 44.3 Å². The third-order valence-electron chi connectivity index (χ3n) is 28.5. The molecule has 2 heterocycles. The van der Waals surface area contributed by atoms with Crippen molar-refractivity contribution in [2.75, 3.05) is 93.8 Å². The number of hydrogen-bond donors (Lipinski definition) is 4. The highest BCUT2D eigenvalue weighted by Crippen LogP contribution is 2.61. The second kappa shape index (κ2) is 57.1. The van der Waals surface area contributed by atoms with Gasteiger partial charge in [-0.1, -0.05) is 219 Å². The summed E-state index contributed by atoms with van der Waals surface area (Å²) < 4.78 is 95.4. The van der Waals surface area contributed by atoms with Crippen LogP contribution in [0.15, 0.2) is 303 Å². The number of rotatable bonds is 38. The molecule has 5 atom stereocenters. The van der Waals surface area contributed by atoms with Gasteiger partial charge in [-0.15, -0.1) is 37.2 Å². The molecule has 5 aliphatic carbocycles. The quantitative estimate of drug-likeness (QED) is 0.0161. The van der Waals surface area contributed by atoms with Crippen molar-refractivity contribution in [1.82, 2.24) is 24.9 Å². The van der Waals surface area contributed by atoms with E-state index in [0.29, 0.717) is 61.7 Å². The number of benzene rings is 12. The van der Waals surface area contributed by atoms with E-state index >= 15 is 0 Å². The Morgan fingerprint density at radius 2 is 0.726 bits per heavy atom. The van der Waals surface area contributed by atoms with Gasteiger partial charge in [-0.2, -0.15) is 0 Å². The summed E-state index contributed by atoms with van der Waals surface area (Å²) in [5.41, 5.74) is 16.5. The molecular formula is C120H135Cl3F5N5O13. The van der Waals surface area contributed by atoms with Crippen molar-refractivity contribution in [3.8, 4) is 50.6 Å². The lowest BCUT2D eigenvalue weighted by atomic mass is 9.48. The fourth-order valence-corrected chi connectivity index (χ4v) is 21.8. The molecule has 18 nitrogen and oxygen atoms in total. The van der Waals surface area contributed by atoms with E-state index in [2.05, 4.69) is 100 Å². The van der Waals surface area contributed by atoms with Gasteiger partial charge in [-0.05, 0) is 328 Å². The highest BCUT2D eigenvalue weighted by atomic mass is 35.5. The Morgan fingerprint density at radius 3 is 1.09 bits per heavy atom. The van der Waals surface area contributed by atoms with Gasteiger partial charge in [0.25, 0.3) is 0 Å². The zero-order valence-corrected chi connectivity index (χ0v) is 85.7. The molecule has 774 valence electrons. The van der Waals surface area contributed by atoms with E-state index < -0.39 is 17.9 Å². The number of nitrogens with zero attached hydrogens (tertiary/aromatic N) is 4. The first kappa shape index (κ1) is 114. The number of piperidine rings is 2. The first-order valence-electron chi connectivity index (χ1n) is 50.1. The first-order chi connectivity index (χ1) is 69.4. The summed E-state index contributed by atoms with van der Waals surface area (Å²) in [4.78, 5) is 64.7. The maximum Gasteiger partial charge on any atom is 0.323 e. The van der Waals surface area contributed by atoms with Crippen LogP contribution in [-0.4, -0.2) is 171 Å².